The second-order valence-electron chi connectivity index (χ2n) is 4.45. The molecule has 0 heterocycles. The number of nitrogens with zero attached hydrogens (tertiary/aromatic N) is 1. The molecule has 114 valence electrons. The Hall–Kier alpha value is -0.970. The zero-order valence-electron chi connectivity index (χ0n) is 12.2. The van der Waals surface area contributed by atoms with Gasteiger partial charge in [0.25, 0.3) is 0 Å². The molecular weight excluding hydrogens is 270 g/mol. The Kier molecular flexibility index (Phi) is 13.7. The van der Waals surface area contributed by atoms with Crippen LogP contribution < -0.4 is 0 Å². The largest absolute Gasteiger partial charge is 0.760 e. The van der Waals surface area contributed by atoms with E-state index in [9.17, 15) is 8.76 Å². The van der Waals surface area contributed by atoms with Gasteiger partial charge in [0, 0.05) is 24.4 Å². The van der Waals surface area contributed by atoms with Crippen LogP contribution in [0.5, 0.6) is 0 Å². The lowest BCUT2D eigenvalue weighted by atomic mass is 10.2. The summed E-state index contributed by atoms with van der Waals surface area (Å²) in [6.07, 6.45) is 17.7. The van der Waals surface area contributed by atoms with Crippen LogP contribution in [0.4, 0.5) is 0 Å². The number of allylic oxidation sites excluding steroid dienone is 4. The summed E-state index contributed by atoms with van der Waals surface area (Å²) in [5, 5.41) is 0. The first-order valence-electron chi connectivity index (χ1n) is 7.08. The summed E-state index contributed by atoms with van der Waals surface area (Å²) in [7, 11) is 0. The Morgan fingerprint density at radius 1 is 0.850 bits per heavy atom. The fraction of sp³-hybridized carbons (Fsp3) is 0.500. The van der Waals surface area contributed by atoms with Crippen molar-refractivity contribution in [3.05, 3.63) is 49.6 Å². The molecule has 0 rings (SSSR count). The molecule has 4 heteroatoms. The van der Waals surface area contributed by atoms with Crippen molar-refractivity contribution in [2.24, 2.45) is 0 Å². The molecule has 3 nitrogen and oxygen atoms in total. The minimum absolute atomic E-state index is 0.432. The third kappa shape index (κ3) is 12.1. The van der Waals surface area contributed by atoms with Gasteiger partial charge in [0.2, 0.25) is 0 Å². The lowest BCUT2D eigenvalue weighted by Crippen LogP contribution is -2.26. The van der Waals surface area contributed by atoms with Gasteiger partial charge < -0.3 is 4.55 Å². The summed E-state index contributed by atoms with van der Waals surface area (Å²) in [5.74, 6) is 0. The van der Waals surface area contributed by atoms with E-state index < -0.39 is 11.3 Å². The standard InChI is InChI=1S/C16H27NO2S/c1-3-5-7-9-11-13-15-17(20(18)19)16-14-12-10-8-6-4-2/h3-4,11-14H,1-2,5-10,15-16H2,(H,18,19)/p-1. The Morgan fingerprint density at radius 2 is 1.30 bits per heavy atom. The second kappa shape index (κ2) is 14.4. The predicted molar refractivity (Wildman–Crippen MR) is 86.9 cm³/mol. The Labute approximate surface area is 126 Å². The normalized spacial score (nSPS) is 13.3. The molecule has 20 heavy (non-hydrogen) atoms. The van der Waals surface area contributed by atoms with Crippen molar-refractivity contribution in [3.63, 3.8) is 0 Å². The van der Waals surface area contributed by atoms with Gasteiger partial charge in [0.15, 0.2) is 0 Å². The average molecular weight is 296 g/mol. The quantitative estimate of drug-likeness (QED) is 0.294. The van der Waals surface area contributed by atoms with E-state index in [-0.39, 0.29) is 0 Å². The summed E-state index contributed by atoms with van der Waals surface area (Å²) in [6.45, 7) is 8.19. The molecule has 0 N–H and O–H groups in total. The van der Waals surface area contributed by atoms with Crippen molar-refractivity contribution in [3.8, 4) is 0 Å². The van der Waals surface area contributed by atoms with Gasteiger partial charge in [-0.3, -0.25) is 4.21 Å². The van der Waals surface area contributed by atoms with Gasteiger partial charge in [-0.05, 0) is 38.5 Å². The smallest absolute Gasteiger partial charge is 0.0286 e. The second-order valence-corrected chi connectivity index (χ2v) is 5.40. The lowest BCUT2D eigenvalue weighted by Gasteiger charge is -2.20. The summed E-state index contributed by atoms with van der Waals surface area (Å²) in [4.78, 5) is 0. The molecule has 0 aromatic rings. The van der Waals surface area contributed by atoms with Crippen LogP contribution in [0.3, 0.4) is 0 Å². The van der Waals surface area contributed by atoms with E-state index >= 15 is 0 Å². The minimum Gasteiger partial charge on any atom is -0.760 e. The molecule has 0 aliphatic heterocycles. The van der Waals surface area contributed by atoms with Gasteiger partial charge >= 0.3 is 0 Å². The van der Waals surface area contributed by atoms with E-state index in [1.165, 1.54) is 4.31 Å². The number of hydrogen-bond donors (Lipinski definition) is 0. The Balaban J connectivity index is 3.89. The molecule has 0 fully saturated rings. The van der Waals surface area contributed by atoms with E-state index in [4.69, 9.17) is 0 Å². The summed E-state index contributed by atoms with van der Waals surface area (Å²) in [5.41, 5.74) is 0. The van der Waals surface area contributed by atoms with Gasteiger partial charge in [-0.2, -0.15) is 0 Å². The van der Waals surface area contributed by atoms with Crippen LogP contribution in [0.2, 0.25) is 0 Å². The summed E-state index contributed by atoms with van der Waals surface area (Å²) in [6, 6.07) is 0. The van der Waals surface area contributed by atoms with E-state index in [2.05, 4.69) is 13.2 Å². The Bertz CT molecular complexity index is 311. The molecule has 0 bridgehead atoms. The van der Waals surface area contributed by atoms with Crippen LogP contribution in [0.25, 0.3) is 0 Å². The molecular formula is C16H26NO2S-. The molecule has 0 aliphatic carbocycles. The first-order valence-corrected chi connectivity index (χ1v) is 8.11. The van der Waals surface area contributed by atoms with E-state index in [1.807, 2.05) is 36.5 Å². The van der Waals surface area contributed by atoms with Crippen LogP contribution in [0, 0.1) is 0 Å². The highest BCUT2D eigenvalue weighted by atomic mass is 32.2. The molecule has 0 saturated carbocycles. The number of unbranched alkanes of at least 4 members (excludes halogenated alkanes) is 4. The molecule has 1 unspecified atom stereocenters. The molecule has 0 amide bonds. The topological polar surface area (TPSA) is 43.4 Å². The van der Waals surface area contributed by atoms with Crippen molar-refractivity contribution in [1.82, 2.24) is 4.31 Å². The van der Waals surface area contributed by atoms with Crippen molar-refractivity contribution in [1.29, 1.82) is 0 Å². The summed E-state index contributed by atoms with van der Waals surface area (Å²) >= 11 is -2.17. The van der Waals surface area contributed by atoms with Crippen LogP contribution in [0.15, 0.2) is 49.6 Å². The van der Waals surface area contributed by atoms with Gasteiger partial charge in [0.05, 0.1) is 0 Å². The molecule has 0 aliphatic rings. The molecule has 0 aromatic carbocycles. The third-order valence-corrected chi connectivity index (χ3v) is 3.44. The SMILES string of the molecule is C=CCCCC=CCN(CC=CCCCC=C)S(=O)[O-]. The third-order valence-electron chi connectivity index (χ3n) is 2.72. The molecule has 0 radical (unpaired) electrons. The first-order chi connectivity index (χ1) is 9.72. The summed E-state index contributed by atoms with van der Waals surface area (Å²) < 4.78 is 23.5. The minimum atomic E-state index is -2.17. The van der Waals surface area contributed by atoms with Crippen LogP contribution in [-0.2, 0) is 11.3 Å². The average Bonchev–Trinajstić information content (AvgIpc) is 2.43. The predicted octanol–water partition coefficient (Wildman–Crippen LogP) is 3.91. The van der Waals surface area contributed by atoms with E-state index in [0.29, 0.717) is 13.1 Å². The fourth-order valence-electron chi connectivity index (χ4n) is 1.58. The molecule has 1 atom stereocenters. The maximum Gasteiger partial charge on any atom is 0.0286 e. The highest BCUT2D eigenvalue weighted by Crippen LogP contribution is 2.00. The Morgan fingerprint density at radius 3 is 1.65 bits per heavy atom. The zero-order valence-corrected chi connectivity index (χ0v) is 13.0. The zero-order chi connectivity index (χ0) is 15.1. The number of hydrogen-bond acceptors (Lipinski definition) is 2. The number of rotatable bonds is 13. The lowest BCUT2D eigenvalue weighted by molar-refractivity contribution is 0.435. The highest BCUT2D eigenvalue weighted by molar-refractivity contribution is 7.76. The van der Waals surface area contributed by atoms with Gasteiger partial charge in [-0.25, -0.2) is 4.31 Å². The van der Waals surface area contributed by atoms with Crippen molar-refractivity contribution in [2.45, 2.75) is 38.5 Å². The molecule has 0 spiro atoms. The van der Waals surface area contributed by atoms with Crippen molar-refractivity contribution < 1.29 is 8.76 Å². The van der Waals surface area contributed by atoms with Crippen molar-refractivity contribution >= 4 is 11.3 Å². The van der Waals surface area contributed by atoms with Gasteiger partial charge in [-0.15, -0.1) is 13.2 Å². The maximum absolute atomic E-state index is 11.1. The van der Waals surface area contributed by atoms with Crippen molar-refractivity contribution in [2.75, 3.05) is 13.1 Å². The highest BCUT2D eigenvalue weighted by Gasteiger charge is 1.99. The monoisotopic (exact) mass is 296 g/mol. The van der Waals surface area contributed by atoms with Crippen LogP contribution in [0.1, 0.15) is 38.5 Å². The van der Waals surface area contributed by atoms with Gasteiger partial charge in [0.1, 0.15) is 0 Å². The fourth-order valence-corrected chi connectivity index (χ4v) is 1.99. The van der Waals surface area contributed by atoms with Crippen LogP contribution in [-0.4, -0.2) is 26.2 Å². The maximum atomic E-state index is 11.1. The van der Waals surface area contributed by atoms with Crippen LogP contribution >= 0.6 is 0 Å². The van der Waals surface area contributed by atoms with Gasteiger partial charge in [-0.1, -0.05) is 36.5 Å². The van der Waals surface area contributed by atoms with E-state index in [1.54, 1.807) is 0 Å². The first kappa shape index (κ1) is 19.0. The molecule has 0 saturated heterocycles. The molecule has 0 aromatic heterocycles. The van der Waals surface area contributed by atoms with E-state index in [0.717, 1.165) is 38.5 Å².